The van der Waals surface area contributed by atoms with Crippen LogP contribution in [0.25, 0.3) is 0 Å². The summed E-state index contributed by atoms with van der Waals surface area (Å²) in [7, 11) is 1.55. The van der Waals surface area contributed by atoms with Crippen LogP contribution in [0.5, 0.6) is 0 Å². The van der Waals surface area contributed by atoms with E-state index in [4.69, 9.17) is 5.11 Å². The van der Waals surface area contributed by atoms with E-state index in [-0.39, 0.29) is 25.0 Å². The van der Waals surface area contributed by atoms with E-state index in [2.05, 4.69) is 0 Å². The van der Waals surface area contributed by atoms with Gasteiger partial charge in [-0.15, -0.1) is 0 Å². The molecule has 0 saturated carbocycles. The second-order valence-electron chi connectivity index (χ2n) is 5.62. The number of hydrogen-bond acceptors (Lipinski definition) is 3. The number of carbonyl (C=O) groups is 2. The molecule has 18 heavy (non-hydrogen) atoms. The van der Waals surface area contributed by atoms with Gasteiger partial charge in [0.25, 0.3) is 0 Å². The molecule has 0 fully saturated rings. The molecule has 0 aromatic carbocycles. The van der Waals surface area contributed by atoms with Gasteiger partial charge in [-0.05, 0) is 19.8 Å². The van der Waals surface area contributed by atoms with Gasteiger partial charge in [0.1, 0.15) is 6.54 Å². The summed E-state index contributed by atoms with van der Waals surface area (Å²) in [6.07, 6.45) is 0. The van der Waals surface area contributed by atoms with Gasteiger partial charge in [-0.1, -0.05) is 13.8 Å². The summed E-state index contributed by atoms with van der Waals surface area (Å²) in [6, 6.07) is -0.381. The van der Waals surface area contributed by atoms with Gasteiger partial charge < -0.3 is 20.0 Å². The van der Waals surface area contributed by atoms with Crippen molar-refractivity contribution in [3.8, 4) is 0 Å². The number of aliphatic hydroxyl groups is 1. The quantitative estimate of drug-likeness (QED) is 0.742. The highest BCUT2D eigenvalue weighted by Crippen LogP contribution is 2.08. The van der Waals surface area contributed by atoms with E-state index in [1.807, 2.05) is 13.8 Å². The minimum absolute atomic E-state index is 0.153. The molecule has 0 bridgehead atoms. The Morgan fingerprint density at radius 1 is 1.28 bits per heavy atom. The number of nitrogens with zero attached hydrogens (tertiary/aromatic N) is 2. The number of aliphatic carboxylic acids is 1. The number of rotatable bonds is 6. The molecule has 6 nitrogen and oxygen atoms in total. The van der Waals surface area contributed by atoms with Gasteiger partial charge in [-0.25, -0.2) is 4.79 Å². The average molecular weight is 260 g/mol. The van der Waals surface area contributed by atoms with E-state index in [1.54, 1.807) is 20.9 Å². The third-order valence-electron chi connectivity index (χ3n) is 2.13. The monoisotopic (exact) mass is 260 g/mol. The third-order valence-corrected chi connectivity index (χ3v) is 2.13. The Bertz CT molecular complexity index is 297. The van der Waals surface area contributed by atoms with Crippen molar-refractivity contribution in [2.75, 3.05) is 26.7 Å². The van der Waals surface area contributed by atoms with E-state index in [0.29, 0.717) is 6.54 Å². The van der Waals surface area contributed by atoms with Crippen molar-refractivity contribution in [3.63, 3.8) is 0 Å². The first-order valence-corrected chi connectivity index (χ1v) is 5.97. The molecule has 0 heterocycles. The topological polar surface area (TPSA) is 81.1 Å². The van der Waals surface area contributed by atoms with Crippen molar-refractivity contribution in [1.82, 2.24) is 9.80 Å². The van der Waals surface area contributed by atoms with Gasteiger partial charge in [-0.2, -0.15) is 0 Å². The number of likely N-dealkylation sites (N-methyl/N-ethyl adjacent to an activating group) is 1. The van der Waals surface area contributed by atoms with Crippen molar-refractivity contribution in [3.05, 3.63) is 0 Å². The molecule has 0 atom stereocenters. The lowest BCUT2D eigenvalue weighted by Gasteiger charge is -2.31. The SMILES string of the molecule is CC(C)CN(CC(=O)O)C(=O)N(C)CC(C)(C)O. The van der Waals surface area contributed by atoms with E-state index in [9.17, 15) is 14.7 Å². The highest BCUT2D eigenvalue weighted by molar-refractivity contribution is 5.80. The van der Waals surface area contributed by atoms with Gasteiger partial charge >= 0.3 is 12.0 Å². The molecule has 0 aliphatic heterocycles. The van der Waals surface area contributed by atoms with Crippen LogP contribution in [0.4, 0.5) is 4.79 Å². The van der Waals surface area contributed by atoms with Crippen LogP contribution in [-0.4, -0.2) is 64.3 Å². The van der Waals surface area contributed by atoms with Crippen molar-refractivity contribution in [2.24, 2.45) is 5.92 Å². The van der Waals surface area contributed by atoms with Crippen LogP contribution in [0.2, 0.25) is 0 Å². The van der Waals surface area contributed by atoms with E-state index in [0.717, 1.165) is 0 Å². The zero-order valence-electron chi connectivity index (χ0n) is 11.8. The number of carboxylic acids is 1. The van der Waals surface area contributed by atoms with Crippen LogP contribution in [0.1, 0.15) is 27.7 Å². The zero-order chi connectivity index (χ0) is 14.5. The van der Waals surface area contributed by atoms with Gasteiger partial charge in [0.05, 0.1) is 12.1 Å². The Morgan fingerprint density at radius 3 is 2.11 bits per heavy atom. The molecule has 0 rings (SSSR count). The summed E-state index contributed by atoms with van der Waals surface area (Å²) in [5.74, 6) is -0.857. The average Bonchev–Trinajstić information content (AvgIpc) is 2.11. The molecule has 106 valence electrons. The minimum Gasteiger partial charge on any atom is -0.480 e. The van der Waals surface area contributed by atoms with Crippen LogP contribution < -0.4 is 0 Å². The molecule has 0 aromatic rings. The first-order chi connectivity index (χ1) is 8.03. The molecule has 6 heteroatoms. The van der Waals surface area contributed by atoms with Crippen LogP contribution in [0.3, 0.4) is 0 Å². The molecule has 0 aliphatic rings. The summed E-state index contributed by atoms with van der Waals surface area (Å²) in [6.45, 7) is 7.23. The second kappa shape index (κ2) is 6.58. The standard InChI is InChI=1S/C12H24N2O4/c1-9(2)6-14(7-10(15)16)11(17)13(5)8-12(3,4)18/h9,18H,6-8H2,1-5H3,(H,15,16). The molecular formula is C12H24N2O4. The van der Waals surface area contributed by atoms with Crippen LogP contribution >= 0.6 is 0 Å². The number of hydrogen-bond donors (Lipinski definition) is 2. The fourth-order valence-corrected chi connectivity index (χ4v) is 1.70. The largest absolute Gasteiger partial charge is 0.480 e. The van der Waals surface area contributed by atoms with Crippen molar-refractivity contribution in [1.29, 1.82) is 0 Å². The summed E-state index contributed by atoms with van der Waals surface area (Å²) in [4.78, 5) is 25.4. The predicted molar refractivity (Wildman–Crippen MR) is 68.4 cm³/mol. The molecule has 0 aromatic heterocycles. The van der Waals surface area contributed by atoms with Crippen LogP contribution in [0.15, 0.2) is 0 Å². The summed E-state index contributed by atoms with van der Waals surface area (Å²) in [5.41, 5.74) is -1.00. The van der Waals surface area contributed by atoms with E-state index >= 15 is 0 Å². The fraction of sp³-hybridized carbons (Fsp3) is 0.833. The molecule has 0 spiro atoms. The Balaban J connectivity index is 4.67. The predicted octanol–water partition coefficient (Wildman–Crippen LogP) is 0.852. The molecule has 2 N–H and O–H groups in total. The Morgan fingerprint density at radius 2 is 1.78 bits per heavy atom. The zero-order valence-corrected chi connectivity index (χ0v) is 11.8. The maximum absolute atomic E-state index is 12.1. The highest BCUT2D eigenvalue weighted by atomic mass is 16.4. The van der Waals surface area contributed by atoms with Gasteiger partial charge in [0.15, 0.2) is 0 Å². The van der Waals surface area contributed by atoms with Gasteiger partial charge in [0.2, 0.25) is 0 Å². The number of amides is 2. The van der Waals surface area contributed by atoms with Gasteiger partial charge in [-0.3, -0.25) is 4.79 Å². The minimum atomic E-state index is -1.04. The Labute approximate surface area is 108 Å². The Kier molecular flexibility index (Phi) is 6.11. The van der Waals surface area contributed by atoms with Crippen LogP contribution in [0, 0.1) is 5.92 Å². The van der Waals surface area contributed by atoms with Crippen molar-refractivity contribution < 1.29 is 19.8 Å². The molecule has 2 amide bonds. The maximum Gasteiger partial charge on any atom is 0.323 e. The number of urea groups is 1. The molecule has 0 unspecified atom stereocenters. The summed E-state index contributed by atoms with van der Waals surface area (Å²) < 4.78 is 0. The highest BCUT2D eigenvalue weighted by Gasteiger charge is 2.25. The smallest absolute Gasteiger partial charge is 0.323 e. The number of carboxylic acid groups (broad SMARTS) is 1. The molecule has 0 radical (unpaired) electrons. The van der Waals surface area contributed by atoms with E-state index in [1.165, 1.54) is 9.80 Å². The lowest BCUT2D eigenvalue weighted by molar-refractivity contribution is -0.137. The third kappa shape index (κ3) is 7.11. The second-order valence-corrected chi connectivity index (χ2v) is 5.62. The maximum atomic E-state index is 12.1. The van der Waals surface area contributed by atoms with Crippen molar-refractivity contribution >= 4 is 12.0 Å². The van der Waals surface area contributed by atoms with Crippen molar-refractivity contribution in [2.45, 2.75) is 33.3 Å². The molecule has 0 saturated heterocycles. The van der Waals surface area contributed by atoms with E-state index < -0.39 is 11.6 Å². The first kappa shape index (κ1) is 16.7. The normalized spacial score (nSPS) is 11.5. The summed E-state index contributed by atoms with van der Waals surface area (Å²) >= 11 is 0. The lowest BCUT2D eigenvalue weighted by atomic mass is 10.1. The number of carbonyl (C=O) groups excluding carboxylic acids is 1. The molecular weight excluding hydrogens is 236 g/mol. The van der Waals surface area contributed by atoms with Gasteiger partial charge in [0, 0.05) is 13.6 Å². The van der Waals surface area contributed by atoms with Crippen LogP contribution in [-0.2, 0) is 4.79 Å². The Hall–Kier alpha value is -1.30. The fourth-order valence-electron chi connectivity index (χ4n) is 1.70. The first-order valence-electron chi connectivity index (χ1n) is 5.97. The summed E-state index contributed by atoms with van der Waals surface area (Å²) in [5, 5.41) is 18.5. The molecule has 0 aliphatic carbocycles. The lowest BCUT2D eigenvalue weighted by Crippen LogP contribution is -2.49.